The molecule has 4 aromatic rings. The van der Waals surface area contributed by atoms with E-state index in [1.807, 2.05) is 15.4 Å². The van der Waals surface area contributed by atoms with Gasteiger partial charge in [0.25, 0.3) is 5.91 Å². The number of amides is 1. The van der Waals surface area contributed by atoms with Gasteiger partial charge in [0.1, 0.15) is 27.7 Å². The van der Waals surface area contributed by atoms with E-state index in [4.69, 9.17) is 17.3 Å². The molecule has 9 heteroatoms. The van der Waals surface area contributed by atoms with E-state index in [1.165, 1.54) is 0 Å². The molecule has 2 atom stereocenters. The maximum Gasteiger partial charge on any atom is 0.273 e. The van der Waals surface area contributed by atoms with Crippen molar-refractivity contribution in [2.75, 3.05) is 12.3 Å². The highest BCUT2D eigenvalue weighted by Crippen LogP contribution is 2.48. The van der Waals surface area contributed by atoms with Crippen LogP contribution in [0, 0.1) is 0 Å². The Balaban J connectivity index is 1.43. The number of carbonyl (C=O) groups excluding carboxylic acids is 1. The van der Waals surface area contributed by atoms with E-state index in [-0.39, 0.29) is 11.9 Å². The minimum absolute atomic E-state index is 0.0105. The number of rotatable bonds is 1. The number of carbonyl (C=O) groups is 1. The molecule has 0 spiro atoms. The highest BCUT2D eigenvalue weighted by atomic mass is 35.5. The molecule has 2 N–H and O–H groups in total. The molecule has 144 valence electrons. The van der Waals surface area contributed by atoms with Gasteiger partial charge in [-0.15, -0.1) is 0 Å². The van der Waals surface area contributed by atoms with Gasteiger partial charge in [0.15, 0.2) is 0 Å². The van der Waals surface area contributed by atoms with Gasteiger partial charge in [-0.25, -0.2) is 19.9 Å². The van der Waals surface area contributed by atoms with Gasteiger partial charge in [0, 0.05) is 12.5 Å². The van der Waals surface area contributed by atoms with Crippen LogP contribution in [0.15, 0.2) is 36.9 Å². The first-order chi connectivity index (χ1) is 14.1. The van der Waals surface area contributed by atoms with Crippen molar-refractivity contribution in [3.63, 3.8) is 0 Å². The van der Waals surface area contributed by atoms with Crippen molar-refractivity contribution < 1.29 is 4.79 Å². The molecule has 0 radical (unpaired) electrons. The predicted octanol–water partition coefficient (Wildman–Crippen LogP) is 2.98. The predicted molar refractivity (Wildman–Crippen MR) is 108 cm³/mol. The molecule has 1 aliphatic carbocycles. The number of hydrogen-bond acceptors (Lipinski definition) is 6. The number of nitrogens with two attached hydrogens (primary N) is 1. The third-order valence-electron chi connectivity index (χ3n) is 6.01. The Labute approximate surface area is 170 Å². The number of imidazole rings is 1. The summed E-state index contributed by atoms with van der Waals surface area (Å²) < 4.78 is 1.83. The van der Waals surface area contributed by atoms with Gasteiger partial charge in [-0.3, -0.25) is 9.20 Å². The standard InChI is InChI=1S/C20H16ClN7O/c21-17-2-1-11-14-5-10(18(11)26-17)3-4-27(14)20(29)12-6-15-13(7-24-12)25-19(22)16-8-23-9-28(15)16/h1-2,6-10,14H,3-5H2,(H2,22,25)/t10-,14+/m0/s1. The van der Waals surface area contributed by atoms with Gasteiger partial charge in [0.05, 0.1) is 36.0 Å². The molecule has 29 heavy (non-hydrogen) atoms. The quantitative estimate of drug-likeness (QED) is 0.488. The molecule has 1 fully saturated rings. The number of nitrogens with zero attached hydrogens (tertiary/aromatic N) is 6. The zero-order chi connectivity index (χ0) is 19.7. The van der Waals surface area contributed by atoms with Crippen molar-refractivity contribution in [3.8, 4) is 0 Å². The fraction of sp³-hybridized carbons (Fsp3) is 0.250. The fourth-order valence-electron chi connectivity index (χ4n) is 4.67. The van der Waals surface area contributed by atoms with Crippen LogP contribution in [0.3, 0.4) is 0 Å². The smallest absolute Gasteiger partial charge is 0.273 e. The number of fused-ring (bicyclic) bond motifs is 8. The van der Waals surface area contributed by atoms with Crippen LogP contribution in [0.25, 0.3) is 16.6 Å². The van der Waals surface area contributed by atoms with Crippen molar-refractivity contribution in [2.45, 2.75) is 24.8 Å². The number of likely N-dealkylation sites (tertiary alicyclic amines) is 1. The molecule has 5 heterocycles. The van der Waals surface area contributed by atoms with Crippen molar-refractivity contribution in [2.24, 2.45) is 0 Å². The maximum absolute atomic E-state index is 13.4. The lowest BCUT2D eigenvalue weighted by atomic mass is 9.97. The second-order valence-corrected chi connectivity index (χ2v) is 7.94. The highest BCUT2D eigenvalue weighted by molar-refractivity contribution is 6.29. The molecule has 1 aliphatic heterocycles. The van der Waals surface area contributed by atoms with Gasteiger partial charge >= 0.3 is 0 Å². The number of hydrogen-bond donors (Lipinski definition) is 1. The number of halogens is 1. The van der Waals surface area contributed by atoms with E-state index in [0.717, 1.165) is 29.6 Å². The van der Waals surface area contributed by atoms with Gasteiger partial charge in [0.2, 0.25) is 0 Å². The number of nitrogen functional groups attached to an aromatic ring is 1. The van der Waals surface area contributed by atoms with Gasteiger partial charge in [-0.2, -0.15) is 0 Å². The summed E-state index contributed by atoms with van der Waals surface area (Å²) in [7, 11) is 0. The zero-order valence-electron chi connectivity index (χ0n) is 15.3. The van der Waals surface area contributed by atoms with Gasteiger partial charge < -0.3 is 10.6 Å². The van der Waals surface area contributed by atoms with E-state index in [1.54, 1.807) is 30.9 Å². The van der Waals surface area contributed by atoms with Crippen LogP contribution in [-0.2, 0) is 0 Å². The Hall–Kier alpha value is -3.26. The van der Waals surface area contributed by atoms with Crippen molar-refractivity contribution in [1.82, 2.24) is 29.2 Å². The van der Waals surface area contributed by atoms with Crippen LogP contribution in [0.5, 0.6) is 0 Å². The Kier molecular flexibility index (Phi) is 3.37. The zero-order valence-corrected chi connectivity index (χ0v) is 16.0. The first-order valence-corrected chi connectivity index (χ1v) is 9.82. The average Bonchev–Trinajstić information content (AvgIpc) is 3.32. The lowest BCUT2D eigenvalue weighted by Gasteiger charge is -2.33. The van der Waals surface area contributed by atoms with Gasteiger partial charge in [-0.1, -0.05) is 17.7 Å². The van der Waals surface area contributed by atoms with Crippen molar-refractivity contribution in [3.05, 3.63) is 59.0 Å². The SMILES string of the molecule is Nc1nc2cnc(C(=O)N3CC[C@H]4C[C@@H]3c3ccc(Cl)nc34)cc2n2cncc12. The molecule has 0 saturated carbocycles. The van der Waals surface area contributed by atoms with E-state index < -0.39 is 0 Å². The molecule has 8 nitrogen and oxygen atoms in total. The molecule has 4 aromatic heterocycles. The first kappa shape index (κ1) is 16.7. The van der Waals surface area contributed by atoms with Crippen LogP contribution in [0.4, 0.5) is 5.82 Å². The van der Waals surface area contributed by atoms with Crippen LogP contribution < -0.4 is 5.73 Å². The van der Waals surface area contributed by atoms with Gasteiger partial charge in [-0.05, 0) is 30.5 Å². The monoisotopic (exact) mass is 405 g/mol. The summed E-state index contributed by atoms with van der Waals surface area (Å²) in [6.45, 7) is 0.669. The Morgan fingerprint density at radius 3 is 3.00 bits per heavy atom. The van der Waals surface area contributed by atoms with Crippen molar-refractivity contribution >= 4 is 39.9 Å². The lowest BCUT2D eigenvalue weighted by Crippen LogP contribution is -2.38. The summed E-state index contributed by atoms with van der Waals surface area (Å²) in [5, 5.41) is 0.501. The summed E-state index contributed by atoms with van der Waals surface area (Å²) in [5.41, 5.74) is 10.6. The number of pyridine rings is 2. The molecular formula is C20H16ClN7O. The molecule has 1 saturated heterocycles. The maximum atomic E-state index is 13.4. The normalized spacial score (nSPS) is 20.4. The Morgan fingerprint density at radius 1 is 1.21 bits per heavy atom. The molecule has 2 aliphatic rings. The molecule has 1 amide bonds. The molecule has 0 aromatic carbocycles. The Bertz CT molecular complexity index is 1320. The lowest BCUT2D eigenvalue weighted by molar-refractivity contribution is 0.0614. The summed E-state index contributed by atoms with van der Waals surface area (Å²) >= 11 is 6.09. The average molecular weight is 406 g/mol. The third kappa shape index (κ3) is 2.35. The van der Waals surface area contributed by atoms with Crippen LogP contribution >= 0.6 is 11.6 Å². The minimum atomic E-state index is -0.0942. The number of anilines is 1. The topological polar surface area (TPSA) is 102 Å². The highest BCUT2D eigenvalue weighted by Gasteiger charge is 2.42. The van der Waals surface area contributed by atoms with E-state index >= 15 is 0 Å². The third-order valence-corrected chi connectivity index (χ3v) is 6.23. The molecule has 0 unspecified atom stereocenters. The van der Waals surface area contributed by atoms with E-state index in [9.17, 15) is 4.79 Å². The summed E-state index contributed by atoms with van der Waals surface area (Å²) in [6, 6.07) is 5.57. The van der Waals surface area contributed by atoms with Crippen LogP contribution in [0.2, 0.25) is 5.15 Å². The van der Waals surface area contributed by atoms with E-state index in [2.05, 4.69) is 19.9 Å². The summed E-state index contributed by atoms with van der Waals surface area (Å²) in [5.74, 6) is 0.648. The minimum Gasteiger partial charge on any atom is -0.382 e. The molecular weight excluding hydrogens is 390 g/mol. The van der Waals surface area contributed by atoms with Crippen molar-refractivity contribution in [1.29, 1.82) is 0 Å². The Morgan fingerprint density at radius 2 is 2.10 bits per heavy atom. The molecule has 2 bridgehead atoms. The number of aromatic nitrogens is 5. The van der Waals surface area contributed by atoms with Crippen LogP contribution in [0.1, 0.15) is 46.5 Å². The van der Waals surface area contributed by atoms with Crippen LogP contribution in [-0.4, -0.2) is 41.7 Å². The second-order valence-electron chi connectivity index (χ2n) is 7.55. The molecule has 6 rings (SSSR count). The van der Waals surface area contributed by atoms with E-state index in [0.29, 0.717) is 40.2 Å². The second kappa shape index (κ2) is 5.87. The fourth-order valence-corrected chi connectivity index (χ4v) is 4.82. The first-order valence-electron chi connectivity index (χ1n) is 9.45. The number of piperidine rings is 1. The largest absolute Gasteiger partial charge is 0.382 e. The summed E-state index contributed by atoms with van der Waals surface area (Å²) in [4.78, 5) is 32.7. The summed E-state index contributed by atoms with van der Waals surface area (Å²) in [6.07, 6.45) is 6.67.